The van der Waals surface area contributed by atoms with Gasteiger partial charge in [0.05, 0.1) is 28.6 Å². The van der Waals surface area contributed by atoms with Crippen molar-refractivity contribution in [2.75, 3.05) is 32.2 Å². The maximum atomic E-state index is 13.0. The number of nitrogens with zero attached hydrogens (tertiary/aromatic N) is 4. The summed E-state index contributed by atoms with van der Waals surface area (Å²) in [7, 11) is 18.8. The molecule has 2 aliphatic rings. The second-order valence-corrected chi connectivity index (χ2v) is 61.5. The third-order valence-corrected chi connectivity index (χ3v) is 83.8. The quantitative estimate of drug-likeness (QED) is 0.123. The monoisotopic (exact) mass is 980 g/mol. The molecule has 4 aromatic rings. The van der Waals surface area contributed by atoms with Gasteiger partial charge in [0.25, 0.3) is 5.89 Å². The molecule has 53 heavy (non-hydrogen) atoms. The number of rotatable bonds is 13. The summed E-state index contributed by atoms with van der Waals surface area (Å²) >= 11 is 0. The van der Waals surface area contributed by atoms with Crippen LogP contribution in [0.1, 0.15) is 24.8 Å². The number of ether oxygens (including phenoxy) is 2. The highest BCUT2D eigenvalue weighted by Gasteiger charge is 2.30. The van der Waals surface area contributed by atoms with Crippen molar-refractivity contribution < 1.29 is 22.3 Å². The lowest BCUT2D eigenvalue weighted by Gasteiger charge is -2.34. The molecule has 3 N–H and O–H groups in total. The number of nitrogens with one attached hydrogen (secondary N) is 1. The minimum Gasteiger partial charge on any atom is -0.414 e. The van der Waals surface area contributed by atoms with Gasteiger partial charge in [-0.15, -0.1) is 72.7 Å². The molecule has 2 aromatic carbocycles. The molecule has 4 heterocycles. The van der Waals surface area contributed by atoms with Crippen molar-refractivity contribution in [3.8, 4) is 34.3 Å². The highest BCUT2D eigenvalue weighted by atomic mass is 33.3. The van der Waals surface area contributed by atoms with Crippen LogP contribution < -0.4 is 11.1 Å². The average Bonchev–Trinajstić information content (AvgIpc) is 3.87. The topological polar surface area (TPSA) is 155 Å². The fourth-order valence-electron chi connectivity index (χ4n) is 5.37. The molecular weight excluding hydrogens is 935 g/mol. The van der Waals surface area contributed by atoms with Crippen LogP contribution in [0.5, 0.6) is 0 Å². The van der Waals surface area contributed by atoms with Crippen LogP contribution in [-0.2, 0) is 25.9 Å². The molecule has 2 saturated heterocycles. The molecule has 0 spiro atoms. The fourth-order valence-corrected chi connectivity index (χ4v) is 134. The molecule has 2 aromatic heterocycles. The van der Waals surface area contributed by atoms with E-state index in [9.17, 15) is 8.42 Å². The third-order valence-electron chi connectivity index (χ3n) is 8.16. The molecule has 2 aliphatic heterocycles. The van der Waals surface area contributed by atoms with Crippen LogP contribution in [0, 0.1) is 0 Å². The molecule has 6 rings (SSSR count). The van der Waals surface area contributed by atoms with E-state index in [2.05, 4.69) is 88.0 Å². The highest BCUT2D eigenvalue weighted by Crippen LogP contribution is 3.18. The summed E-state index contributed by atoms with van der Waals surface area (Å²) in [6.45, 7) is 4.10. The Kier molecular flexibility index (Phi) is 19.5. The zero-order valence-corrected chi connectivity index (χ0v) is 43.0. The molecule has 0 amide bonds. The number of benzene rings is 2. The first-order valence-corrected chi connectivity index (χ1v) is 40.6. The van der Waals surface area contributed by atoms with E-state index in [1.807, 2.05) is 24.3 Å². The standard InChI is InChI=1S/C28H30N6O5S.H15P13/c29-26-25(28-34-33-27(39-28)20-3-1-18(2-4-20)15-30-21-9-12-38-17-21)32-24(16-31-26)19-5-7-22(8-6-19)40(35,36)23-10-13-37-14-11-23;1-8-12(9(2)3)13(10(4)5)11(6)7/h1-8,16,21,23,30H,9-15,17H2,(H2,29,31);8H,1-7H2/t21-;/m1./s1. The normalized spacial score (nSPS) is 17.7. The number of anilines is 1. The Bertz CT molecular complexity index is 1860. The predicted octanol–water partition coefficient (Wildman–Crippen LogP) is 10.5. The molecule has 0 radical (unpaired) electrons. The van der Waals surface area contributed by atoms with Crippen molar-refractivity contribution in [1.29, 1.82) is 0 Å². The average molecular weight is 980 g/mol. The van der Waals surface area contributed by atoms with Gasteiger partial charge in [-0.05, 0) is 84.0 Å². The van der Waals surface area contributed by atoms with Crippen LogP contribution in [0.15, 0.2) is 64.0 Å². The van der Waals surface area contributed by atoms with Crippen molar-refractivity contribution in [1.82, 2.24) is 25.5 Å². The zero-order valence-electron chi connectivity index (χ0n) is 28.6. The fraction of sp³-hybridized carbons (Fsp3) is 0.357. The minimum absolute atomic E-state index is 0.116. The minimum atomic E-state index is -3.43. The first-order valence-electron chi connectivity index (χ1n) is 16.1. The number of nitrogens with two attached hydrogens (primary N) is 1. The molecule has 0 aliphatic carbocycles. The largest absolute Gasteiger partial charge is 0.414 e. The number of hydrogen-bond acceptors (Lipinski definition) is 11. The Labute approximate surface area is 335 Å². The van der Waals surface area contributed by atoms with Crippen LogP contribution in [-0.4, -0.2) is 66.3 Å². The van der Waals surface area contributed by atoms with E-state index in [1.165, 1.54) is 6.20 Å². The molecule has 0 bridgehead atoms. The maximum Gasteiger partial charge on any atom is 0.270 e. The molecule has 2 fully saturated rings. The van der Waals surface area contributed by atoms with Crippen molar-refractivity contribution in [2.24, 2.45) is 0 Å². The molecule has 10 atom stereocenters. The Hall–Kier alpha value is 1.88. The van der Waals surface area contributed by atoms with Crippen molar-refractivity contribution in [2.45, 2.75) is 42.0 Å². The Balaban J connectivity index is 0.000000357. The molecule has 0 saturated carbocycles. The second kappa shape index (κ2) is 22.5. The van der Waals surface area contributed by atoms with Gasteiger partial charge in [-0.25, -0.2) is 18.4 Å². The summed E-state index contributed by atoms with van der Waals surface area (Å²) in [6, 6.07) is 14.9. The Morgan fingerprint density at radius 1 is 0.830 bits per heavy atom. The van der Waals surface area contributed by atoms with Gasteiger partial charge in [0.2, 0.25) is 5.89 Å². The van der Waals surface area contributed by atoms with Crippen molar-refractivity contribution in [3.05, 3.63) is 60.3 Å². The molecule has 25 heteroatoms. The van der Waals surface area contributed by atoms with Gasteiger partial charge < -0.3 is 24.9 Å². The smallest absolute Gasteiger partial charge is 0.270 e. The van der Waals surface area contributed by atoms with Crippen LogP contribution in [0.4, 0.5) is 5.82 Å². The third kappa shape index (κ3) is 12.9. The van der Waals surface area contributed by atoms with E-state index >= 15 is 0 Å². The van der Waals surface area contributed by atoms with Gasteiger partial charge in [0.15, 0.2) is 21.3 Å². The van der Waals surface area contributed by atoms with Crippen LogP contribution in [0.3, 0.4) is 0 Å². The van der Waals surface area contributed by atoms with E-state index in [4.69, 9.17) is 19.6 Å². The number of hydrogen-bond donors (Lipinski definition) is 2. The summed E-state index contributed by atoms with van der Waals surface area (Å²) in [5, 5.41) is 11.4. The molecule has 11 nitrogen and oxygen atoms in total. The van der Waals surface area contributed by atoms with E-state index < -0.39 is 15.1 Å². The summed E-state index contributed by atoms with van der Waals surface area (Å²) in [4.78, 5) is 9.15. The van der Waals surface area contributed by atoms with Crippen molar-refractivity contribution >= 4 is 121 Å². The van der Waals surface area contributed by atoms with Gasteiger partial charge >= 0.3 is 0 Å². The molecule has 9 unspecified atom stereocenters. The van der Waals surface area contributed by atoms with Crippen LogP contribution >= 0.6 is 105 Å². The first-order chi connectivity index (χ1) is 25.4. The lowest BCUT2D eigenvalue weighted by atomic mass is 10.1. The summed E-state index contributed by atoms with van der Waals surface area (Å²) in [6.07, 6.45) is 3.56. The Morgan fingerprint density at radius 2 is 1.45 bits per heavy atom. The van der Waals surface area contributed by atoms with Crippen molar-refractivity contribution in [3.63, 3.8) is 0 Å². The van der Waals surface area contributed by atoms with Gasteiger partial charge in [0.1, 0.15) is 0 Å². The maximum absolute atomic E-state index is 13.0. The zero-order chi connectivity index (χ0) is 38.1. The predicted molar refractivity (Wildman–Crippen MR) is 259 cm³/mol. The van der Waals surface area contributed by atoms with Crippen LogP contribution in [0.2, 0.25) is 0 Å². The first kappa shape index (κ1) is 46.0. The SMILES string of the molecule is Nc1ncc(-c2ccc(S(=O)(=O)C3CCOCC3)cc2)nc1-c1nnc(-c2ccc(CN[C@@H]3CCOC3)cc2)o1.PPP(P(P)P)P(P(P)P)P(P)P. The summed E-state index contributed by atoms with van der Waals surface area (Å²) in [5.74, 6) is 0.635. The van der Waals surface area contributed by atoms with Crippen LogP contribution in [0.25, 0.3) is 34.3 Å². The van der Waals surface area contributed by atoms with Gasteiger partial charge in [0, 0.05) is 43.5 Å². The summed E-state index contributed by atoms with van der Waals surface area (Å²) < 4.78 is 42.6. The van der Waals surface area contributed by atoms with Gasteiger partial charge in [-0.1, -0.05) is 32.2 Å². The van der Waals surface area contributed by atoms with E-state index in [-0.39, 0.29) is 57.2 Å². The Morgan fingerprint density at radius 3 is 2.02 bits per heavy atom. The number of aromatic nitrogens is 4. The molecule has 288 valence electrons. The molecular formula is C28H45N6O5P13S. The summed E-state index contributed by atoms with van der Waals surface area (Å²) in [5.41, 5.74) is 9.48. The lowest BCUT2D eigenvalue weighted by Crippen LogP contribution is -2.28. The lowest BCUT2D eigenvalue weighted by molar-refractivity contribution is 0.0983. The highest BCUT2D eigenvalue weighted by molar-refractivity contribution is 9.24. The van der Waals surface area contributed by atoms with Gasteiger partial charge in [-0.3, -0.25) is 0 Å². The van der Waals surface area contributed by atoms with E-state index in [1.54, 1.807) is 24.3 Å². The van der Waals surface area contributed by atoms with E-state index in [0.29, 0.717) is 49.2 Å². The van der Waals surface area contributed by atoms with Gasteiger partial charge in [-0.2, -0.15) is 0 Å². The second-order valence-electron chi connectivity index (χ2n) is 11.7. The number of nitrogen functional groups attached to an aromatic ring is 1. The van der Waals surface area contributed by atoms with E-state index in [0.717, 1.165) is 45.3 Å². The number of sulfone groups is 1.